The molecule has 0 amide bonds. The first-order valence-electron chi connectivity index (χ1n) is 10.3. The molecule has 160 valence electrons. The molecule has 5 nitrogen and oxygen atoms in total. The van der Waals surface area contributed by atoms with E-state index in [1.807, 2.05) is 92.1 Å². The third-order valence-electron chi connectivity index (χ3n) is 5.29. The molecule has 0 saturated heterocycles. The van der Waals surface area contributed by atoms with Gasteiger partial charge >= 0.3 is 5.97 Å². The van der Waals surface area contributed by atoms with E-state index in [9.17, 15) is 9.90 Å². The first-order valence-corrected chi connectivity index (χ1v) is 10.3. The minimum absolute atomic E-state index is 0.266. The van der Waals surface area contributed by atoms with Crippen LogP contribution >= 0.6 is 0 Å². The number of para-hydroxylation sites is 1. The van der Waals surface area contributed by atoms with E-state index in [2.05, 4.69) is 4.99 Å². The van der Waals surface area contributed by atoms with Crippen LogP contribution in [0.5, 0.6) is 11.5 Å². The lowest BCUT2D eigenvalue weighted by molar-refractivity contribution is 0.0697. The molecule has 5 heteroatoms. The van der Waals surface area contributed by atoms with Gasteiger partial charge in [0.2, 0.25) is 0 Å². The molecule has 1 aromatic heterocycles. The fraction of sp³-hybridized carbons (Fsp3) is 0.111. The molecule has 0 unspecified atom stereocenters. The summed E-state index contributed by atoms with van der Waals surface area (Å²) < 4.78 is 7.81. The summed E-state index contributed by atoms with van der Waals surface area (Å²) in [5.41, 5.74) is 5.71. The molecule has 4 rings (SSSR count). The third kappa shape index (κ3) is 4.47. The first-order chi connectivity index (χ1) is 15.4. The Morgan fingerprint density at radius 2 is 1.53 bits per heavy atom. The lowest BCUT2D eigenvalue weighted by Crippen LogP contribution is -2.07. The second kappa shape index (κ2) is 8.94. The van der Waals surface area contributed by atoms with Crippen LogP contribution in [-0.2, 0) is 0 Å². The number of aryl methyl sites for hydroxylation is 2. The van der Waals surface area contributed by atoms with Gasteiger partial charge in [-0.1, -0.05) is 29.8 Å². The van der Waals surface area contributed by atoms with E-state index in [0.717, 1.165) is 34.1 Å². The summed E-state index contributed by atoms with van der Waals surface area (Å²) in [4.78, 5) is 16.2. The molecule has 0 aliphatic rings. The largest absolute Gasteiger partial charge is 0.478 e. The Kier molecular flexibility index (Phi) is 5.90. The van der Waals surface area contributed by atoms with Gasteiger partial charge in [-0.05, 0) is 75.4 Å². The first kappa shape index (κ1) is 21.1. The number of carboxylic acids is 1. The molecule has 3 aromatic carbocycles. The van der Waals surface area contributed by atoms with Crippen LogP contribution < -0.4 is 4.74 Å². The molecular formula is C27H24N2O3. The number of hydrogen-bond acceptors (Lipinski definition) is 3. The number of aromatic nitrogens is 1. The standard InChI is InChI=1S/C27H24N2O3/c1-18-8-12-23(13-9-18)32-24-14-10-22(11-15-24)28-17-21-16-19(2)29(20(21)3)26-7-5-4-6-25(26)27(30)31/h4-17H,1-3H3,(H,30,31). The zero-order valence-electron chi connectivity index (χ0n) is 18.2. The predicted molar refractivity (Wildman–Crippen MR) is 127 cm³/mol. The number of carboxylic acid groups (broad SMARTS) is 1. The molecule has 0 saturated carbocycles. The van der Waals surface area contributed by atoms with Crippen molar-refractivity contribution in [3.63, 3.8) is 0 Å². The van der Waals surface area contributed by atoms with Gasteiger partial charge in [-0.15, -0.1) is 0 Å². The quantitative estimate of drug-likeness (QED) is 0.353. The number of nitrogens with zero attached hydrogens (tertiary/aromatic N) is 2. The van der Waals surface area contributed by atoms with E-state index in [-0.39, 0.29) is 5.56 Å². The van der Waals surface area contributed by atoms with Crippen LogP contribution in [0.4, 0.5) is 5.69 Å². The second-order valence-electron chi connectivity index (χ2n) is 7.65. The lowest BCUT2D eigenvalue weighted by Gasteiger charge is -2.12. The molecule has 0 atom stereocenters. The number of aliphatic imine (C=N–C) groups is 1. The maximum atomic E-state index is 11.6. The van der Waals surface area contributed by atoms with Crippen molar-refractivity contribution in [2.24, 2.45) is 4.99 Å². The molecule has 4 aromatic rings. The summed E-state index contributed by atoms with van der Waals surface area (Å²) in [6, 6.07) is 24.5. The Hall–Kier alpha value is -4.12. The van der Waals surface area contributed by atoms with Gasteiger partial charge in [-0.25, -0.2) is 4.79 Å². The third-order valence-corrected chi connectivity index (χ3v) is 5.29. The highest BCUT2D eigenvalue weighted by atomic mass is 16.5. The van der Waals surface area contributed by atoms with Gasteiger partial charge in [0.05, 0.1) is 16.9 Å². The van der Waals surface area contributed by atoms with Gasteiger partial charge in [-0.2, -0.15) is 0 Å². The molecule has 0 spiro atoms. The van der Waals surface area contributed by atoms with Crippen molar-refractivity contribution >= 4 is 17.9 Å². The summed E-state index contributed by atoms with van der Waals surface area (Å²) >= 11 is 0. The Labute approximate surface area is 187 Å². The molecule has 1 N–H and O–H groups in total. The number of rotatable bonds is 6. The van der Waals surface area contributed by atoms with Gasteiger partial charge in [0, 0.05) is 23.2 Å². The summed E-state index contributed by atoms with van der Waals surface area (Å²) in [7, 11) is 0. The van der Waals surface area contributed by atoms with Crippen LogP contribution in [0.2, 0.25) is 0 Å². The minimum Gasteiger partial charge on any atom is -0.478 e. The highest BCUT2D eigenvalue weighted by Gasteiger charge is 2.15. The number of carbonyl (C=O) groups is 1. The topological polar surface area (TPSA) is 63.8 Å². The summed E-state index contributed by atoms with van der Waals surface area (Å²) in [5.74, 6) is 0.591. The van der Waals surface area contributed by atoms with Crippen molar-refractivity contribution in [3.05, 3.63) is 107 Å². The Balaban J connectivity index is 1.55. The number of aromatic carboxylic acids is 1. The lowest BCUT2D eigenvalue weighted by atomic mass is 10.1. The van der Waals surface area contributed by atoms with Gasteiger partial charge in [0.25, 0.3) is 0 Å². The van der Waals surface area contributed by atoms with Crippen molar-refractivity contribution in [1.82, 2.24) is 4.57 Å². The van der Waals surface area contributed by atoms with Crippen molar-refractivity contribution in [3.8, 4) is 17.2 Å². The van der Waals surface area contributed by atoms with Crippen LogP contribution in [0, 0.1) is 20.8 Å². The maximum Gasteiger partial charge on any atom is 0.337 e. The van der Waals surface area contributed by atoms with E-state index < -0.39 is 5.97 Å². The molecule has 0 aliphatic carbocycles. The number of benzene rings is 3. The van der Waals surface area contributed by atoms with E-state index in [1.54, 1.807) is 18.3 Å². The summed E-state index contributed by atoms with van der Waals surface area (Å²) in [6.07, 6.45) is 1.80. The average Bonchev–Trinajstić information content (AvgIpc) is 3.07. The van der Waals surface area contributed by atoms with Crippen LogP contribution in [-0.4, -0.2) is 21.9 Å². The molecule has 0 fully saturated rings. The van der Waals surface area contributed by atoms with E-state index in [4.69, 9.17) is 4.74 Å². The predicted octanol–water partition coefficient (Wildman–Crippen LogP) is 6.64. The van der Waals surface area contributed by atoms with Crippen molar-refractivity contribution in [1.29, 1.82) is 0 Å². The fourth-order valence-corrected chi connectivity index (χ4v) is 3.63. The SMILES string of the molecule is Cc1ccc(Oc2ccc(N=Cc3cc(C)n(-c4ccccc4C(=O)O)c3C)cc2)cc1. The second-order valence-corrected chi connectivity index (χ2v) is 7.65. The van der Waals surface area contributed by atoms with E-state index >= 15 is 0 Å². The van der Waals surface area contributed by atoms with Gasteiger partial charge in [0.15, 0.2) is 0 Å². The zero-order valence-corrected chi connectivity index (χ0v) is 18.2. The molecule has 32 heavy (non-hydrogen) atoms. The highest BCUT2D eigenvalue weighted by Crippen LogP contribution is 2.26. The zero-order chi connectivity index (χ0) is 22.7. The van der Waals surface area contributed by atoms with E-state index in [0.29, 0.717) is 5.69 Å². The monoisotopic (exact) mass is 424 g/mol. The number of ether oxygens (including phenoxy) is 1. The molecule has 0 radical (unpaired) electrons. The summed E-state index contributed by atoms with van der Waals surface area (Å²) in [5, 5.41) is 9.55. The normalized spacial score (nSPS) is 11.1. The molecule has 0 aliphatic heterocycles. The molecule has 1 heterocycles. The number of hydrogen-bond donors (Lipinski definition) is 1. The Morgan fingerprint density at radius 3 is 2.19 bits per heavy atom. The molecule has 0 bridgehead atoms. The van der Waals surface area contributed by atoms with Gasteiger partial charge in [0.1, 0.15) is 11.5 Å². The van der Waals surface area contributed by atoms with Crippen molar-refractivity contribution in [2.75, 3.05) is 0 Å². The highest BCUT2D eigenvalue weighted by molar-refractivity contribution is 5.92. The fourth-order valence-electron chi connectivity index (χ4n) is 3.63. The van der Waals surface area contributed by atoms with Crippen molar-refractivity contribution in [2.45, 2.75) is 20.8 Å². The van der Waals surface area contributed by atoms with Crippen molar-refractivity contribution < 1.29 is 14.6 Å². The average molecular weight is 425 g/mol. The van der Waals surface area contributed by atoms with E-state index in [1.165, 1.54) is 5.56 Å². The molecular weight excluding hydrogens is 400 g/mol. The van der Waals surface area contributed by atoms with Crippen LogP contribution in [0.15, 0.2) is 83.9 Å². The smallest absolute Gasteiger partial charge is 0.337 e. The van der Waals surface area contributed by atoms with Crippen LogP contribution in [0.25, 0.3) is 5.69 Å². The summed E-state index contributed by atoms with van der Waals surface area (Å²) in [6.45, 7) is 5.96. The van der Waals surface area contributed by atoms with Crippen LogP contribution in [0.1, 0.15) is 32.9 Å². The Morgan fingerprint density at radius 1 is 0.906 bits per heavy atom. The minimum atomic E-state index is -0.948. The maximum absolute atomic E-state index is 11.6. The van der Waals surface area contributed by atoms with Crippen LogP contribution in [0.3, 0.4) is 0 Å². The Bertz CT molecular complexity index is 1280. The van der Waals surface area contributed by atoms with Gasteiger partial charge in [-0.3, -0.25) is 4.99 Å². The van der Waals surface area contributed by atoms with Gasteiger partial charge < -0.3 is 14.4 Å².